The Hall–Kier alpha value is -0.260. The van der Waals surface area contributed by atoms with Gasteiger partial charge in [-0.2, -0.15) is 11.8 Å². The summed E-state index contributed by atoms with van der Waals surface area (Å²) in [6, 6.07) is 0.510. The molecule has 0 bridgehead atoms. The molecule has 1 rings (SSSR count). The smallest absolute Gasteiger partial charge is 0.185 e. The molecule has 0 spiro atoms. The van der Waals surface area contributed by atoms with Crippen LogP contribution in [0.4, 0.5) is 5.13 Å². The summed E-state index contributed by atoms with van der Waals surface area (Å²) in [5.74, 6) is 1.13. The summed E-state index contributed by atoms with van der Waals surface area (Å²) in [6.45, 7) is 13.2. The lowest BCUT2D eigenvalue weighted by Gasteiger charge is -2.23. The van der Waals surface area contributed by atoms with Gasteiger partial charge < -0.3 is 10.2 Å². The number of rotatable bonds is 8. The molecule has 1 atom stereocenters. The molecule has 5 heteroatoms. The number of thiazole rings is 1. The van der Waals surface area contributed by atoms with Crippen molar-refractivity contribution in [3.8, 4) is 0 Å². The molecular formula is C16H31N3S2. The first kappa shape index (κ1) is 18.8. The molecule has 21 heavy (non-hydrogen) atoms. The molecule has 0 aliphatic rings. The predicted molar refractivity (Wildman–Crippen MR) is 99.1 cm³/mol. The Bertz CT molecular complexity index is 424. The van der Waals surface area contributed by atoms with Crippen molar-refractivity contribution in [1.29, 1.82) is 0 Å². The van der Waals surface area contributed by atoms with Gasteiger partial charge >= 0.3 is 0 Å². The van der Waals surface area contributed by atoms with E-state index in [9.17, 15) is 0 Å². The standard InChI is InChI=1S/C16H31N3S2/c1-8-9-17-10-13-14(16(3,4)5)18-15(21-13)19(6)12(2)11-20-7/h12,17H,8-11H2,1-7H3. The summed E-state index contributed by atoms with van der Waals surface area (Å²) < 4.78 is 0. The maximum atomic E-state index is 4.96. The lowest BCUT2D eigenvalue weighted by Crippen LogP contribution is -2.30. The fraction of sp³-hybridized carbons (Fsp3) is 0.812. The van der Waals surface area contributed by atoms with Crippen LogP contribution in [0.3, 0.4) is 0 Å². The van der Waals surface area contributed by atoms with E-state index in [2.05, 4.69) is 58.1 Å². The van der Waals surface area contributed by atoms with Gasteiger partial charge in [0.05, 0.1) is 5.69 Å². The molecular weight excluding hydrogens is 298 g/mol. The Morgan fingerprint density at radius 2 is 2.05 bits per heavy atom. The molecule has 3 nitrogen and oxygen atoms in total. The van der Waals surface area contributed by atoms with Gasteiger partial charge in [-0.25, -0.2) is 4.98 Å². The van der Waals surface area contributed by atoms with Crippen LogP contribution in [-0.2, 0) is 12.0 Å². The molecule has 122 valence electrons. The average Bonchev–Trinajstić information content (AvgIpc) is 2.82. The molecule has 0 aliphatic heterocycles. The van der Waals surface area contributed by atoms with Crippen LogP contribution in [-0.4, -0.2) is 36.6 Å². The maximum absolute atomic E-state index is 4.96. The van der Waals surface area contributed by atoms with E-state index >= 15 is 0 Å². The van der Waals surface area contributed by atoms with Crippen molar-refractivity contribution in [3.63, 3.8) is 0 Å². The lowest BCUT2D eigenvalue weighted by molar-refractivity contribution is 0.558. The Kier molecular flexibility index (Phi) is 7.51. The third-order valence-corrected chi connectivity index (χ3v) is 5.44. The zero-order valence-electron chi connectivity index (χ0n) is 14.6. The highest BCUT2D eigenvalue weighted by atomic mass is 32.2. The van der Waals surface area contributed by atoms with Gasteiger partial charge in [-0.3, -0.25) is 0 Å². The van der Waals surface area contributed by atoms with E-state index in [4.69, 9.17) is 4.98 Å². The fourth-order valence-electron chi connectivity index (χ4n) is 2.12. The van der Waals surface area contributed by atoms with Gasteiger partial charge in [0, 0.05) is 35.7 Å². The average molecular weight is 330 g/mol. The van der Waals surface area contributed by atoms with Gasteiger partial charge in [-0.05, 0) is 26.1 Å². The van der Waals surface area contributed by atoms with Crippen molar-refractivity contribution in [2.24, 2.45) is 0 Å². The predicted octanol–water partition coefficient (Wildman–Crippen LogP) is 4.13. The molecule has 1 heterocycles. The third-order valence-electron chi connectivity index (χ3n) is 3.48. The summed E-state index contributed by atoms with van der Waals surface area (Å²) in [7, 11) is 2.16. The molecule has 0 fully saturated rings. The van der Waals surface area contributed by atoms with Crippen LogP contribution >= 0.6 is 23.1 Å². The highest BCUT2D eigenvalue weighted by Crippen LogP contribution is 2.34. The van der Waals surface area contributed by atoms with Crippen LogP contribution in [0.15, 0.2) is 0 Å². The first-order valence-electron chi connectivity index (χ1n) is 7.73. The Labute approximate surface area is 138 Å². The number of hydrogen-bond acceptors (Lipinski definition) is 5. The monoisotopic (exact) mass is 329 g/mol. The van der Waals surface area contributed by atoms with E-state index in [1.54, 1.807) is 0 Å². The van der Waals surface area contributed by atoms with Crippen molar-refractivity contribution in [1.82, 2.24) is 10.3 Å². The highest BCUT2D eigenvalue weighted by Gasteiger charge is 2.25. The maximum Gasteiger partial charge on any atom is 0.185 e. The number of nitrogens with zero attached hydrogens (tertiary/aromatic N) is 2. The normalized spacial score (nSPS) is 13.5. The van der Waals surface area contributed by atoms with Crippen LogP contribution in [0.2, 0.25) is 0 Å². The minimum atomic E-state index is 0.0988. The second kappa shape index (κ2) is 8.39. The molecule has 0 saturated carbocycles. The number of thioether (sulfide) groups is 1. The molecule has 1 N–H and O–H groups in total. The molecule has 1 unspecified atom stereocenters. The van der Waals surface area contributed by atoms with E-state index in [0.717, 1.165) is 24.0 Å². The Balaban J connectivity index is 2.96. The minimum absolute atomic E-state index is 0.0988. The minimum Gasteiger partial charge on any atom is -0.348 e. The molecule has 0 radical (unpaired) electrons. The Morgan fingerprint density at radius 3 is 2.57 bits per heavy atom. The van der Waals surface area contributed by atoms with Crippen molar-refractivity contribution < 1.29 is 0 Å². The van der Waals surface area contributed by atoms with Gasteiger partial charge in [0.2, 0.25) is 0 Å². The molecule has 0 aromatic carbocycles. The van der Waals surface area contributed by atoms with Gasteiger partial charge in [-0.15, -0.1) is 11.3 Å². The third kappa shape index (κ3) is 5.46. The molecule has 0 amide bonds. The topological polar surface area (TPSA) is 28.2 Å². The van der Waals surface area contributed by atoms with Gasteiger partial charge in [-0.1, -0.05) is 27.7 Å². The van der Waals surface area contributed by atoms with Crippen LogP contribution in [0, 0.1) is 0 Å². The molecule has 1 aromatic heterocycles. The number of hydrogen-bond donors (Lipinski definition) is 1. The molecule has 0 aliphatic carbocycles. The van der Waals surface area contributed by atoms with E-state index in [1.807, 2.05) is 23.1 Å². The van der Waals surface area contributed by atoms with Crippen LogP contribution in [0.5, 0.6) is 0 Å². The SMILES string of the molecule is CCCNCc1sc(N(C)C(C)CSC)nc1C(C)(C)C. The quantitative estimate of drug-likeness (QED) is 0.726. The van der Waals surface area contributed by atoms with Gasteiger partial charge in [0.1, 0.15) is 0 Å². The van der Waals surface area contributed by atoms with Crippen molar-refractivity contribution in [2.45, 2.75) is 59.0 Å². The van der Waals surface area contributed by atoms with E-state index in [-0.39, 0.29) is 5.41 Å². The summed E-state index contributed by atoms with van der Waals surface area (Å²) >= 11 is 3.73. The largest absolute Gasteiger partial charge is 0.348 e. The Morgan fingerprint density at radius 1 is 1.38 bits per heavy atom. The van der Waals surface area contributed by atoms with Gasteiger partial charge in [0.15, 0.2) is 5.13 Å². The zero-order chi connectivity index (χ0) is 16.0. The van der Waals surface area contributed by atoms with Crippen molar-refractivity contribution in [3.05, 3.63) is 10.6 Å². The van der Waals surface area contributed by atoms with E-state index < -0.39 is 0 Å². The lowest BCUT2D eigenvalue weighted by atomic mass is 9.91. The second-order valence-corrected chi connectivity index (χ2v) is 8.58. The summed E-state index contributed by atoms with van der Waals surface area (Å²) in [6.07, 6.45) is 3.33. The summed E-state index contributed by atoms with van der Waals surface area (Å²) in [5.41, 5.74) is 1.34. The molecule has 0 saturated heterocycles. The van der Waals surface area contributed by atoms with Crippen molar-refractivity contribution in [2.75, 3.05) is 30.5 Å². The number of aromatic nitrogens is 1. The zero-order valence-corrected chi connectivity index (χ0v) is 16.2. The summed E-state index contributed by atoms with van der Waals surface area (Å²) in [5, 5.41) is 4.67. The number of nitrogens with one attached hydrogen (secondary N) is 1. The summed E-state index contributed by atoms with van der Waals surface area (Å²) in [4.78, 5) is 8.66. The first-order chi connectivity index (χ1) is 9.81. The fourth-order valence-corrected chi connectivity index (χ4v) is 4.13. The van der Waals surface area contributed by atoms with Crippen molar-refractivity contribution >= 4 is 28.2 Å². The molecule has 1 aromatic rings. The van der Waals surface area contributed by atoms with Crippen LogP contribution in [0.1, 0.15) is 51.6 Å². The first-order valence-corrected chi connectivity index (χ1v) is 9.95. The van der Waals surface area contributed by atoms with Gasteiger partial charge in [0.25, 0.3) is 0 Å². The van der Waals surface area contributed by atoms with Crippen LogP contribution in [0.25, 0.3) is 0 Å². The van der Waals surface area contributed by atoms with E-state index in [1.165, 1.54) is 17.0 Å². The van der Waals surface area contributed by atoms with Crippen LogP contribution < -0.4 is 10.2 Å². The second-order valence-electron chi connectivity index (χ2n) is 6.61. The number of anilines is 1. The highest BCUT2D eigenvalue weighted by molar-refractivity contribution is 7.98. The van der Waals surface area contributed by atoms with E-state index in [0.29, 0.717) is 6.04 Å².